The number of furan rings is 1. The summed E-state index contributed by atoms with van der Waals surface area (Å²) in [7, 11) is 0. The molecule has 4 aliphatic rings. The molecule has 0 saturated heterocycles. The molecule has 1 aromatic carbocycles. The molecule has 7 rings (SSSR count). The SMILES string of the molecule is Cc1nnc(C23CCC(NC(=O)c4oc5c(C(F)(F)F)cc(C6CC6)cc5c4C)(CC2)CC3)o1. The number of nitrogens with zero attached hydrogens (tertiary/aromatic N) is 2. The largest absolute Gasteiger partial charge is 0.450 e. The highest BCUT2D eigenvalue weighted by Gasteiger charge is 2.53. The van der Waals surface area contributed by atoms with Crippen molar-refractivity contribution in [1.82, 2.24) is 15.5 Å². The zero-order valence-corrected chi connectivity index (χ0v) is 19.1. The number of benzene rings is 1. The number of hydrogen-bond acceptors (Lipinski definition) is 5. The van der Waals surface area contributed by atoms with Crippen LogP contribution in [0.25, 0.3) is 11.0 Å². The molecule has 4 fully saturated rings. The summed E-state index contributed by atoms with van der Waals surface area (Å²) in [5.74, 6) is 0.895. The van der Waals surface area contributed by atoms with Crippen molar-refractivity contribution in [2.45, 2.75) is 88.3 Å². The number of hydrogen-bond donors (Lipinski definition) is 1. The first-order valence-electron chi connectivity index (χ1n) is 11.9. The monoisotopic (exact) mass is 473 g/mol. The van der Waals surface area contributed by atoms with Crippen LogP contribution in [0.5, 0.6) is 0 Å². The van der Waals surface area contributed by atoms with E-state index in [1.54, 1.807) is 19.9 Å². The Morgan fingerprint density at radius 1 is 1.03 bits per heavy atom. The fourth-order valence-corrected chi connectivity index (χ4v) is 5.92. The van der Waals surface area contributed by atoms with Gasteiger partial charge in [-0.25, -0.2) is 0 Å². The van der Waals surface area contributed by atoms with Crippen LogP contribution in [-0.4, -0.2) is 21.6 Å². The molecule has 1 amide bonds. The van der Waals surface area contributed by atoms with Gasteiger partial charge in [0.15, 0.2) is 5.76 Å². The number of nitrogens with one attached hydrogen (secondary N) is 1. The van der Waals surface area contributed by atoms with Crippen molar-refractivity contribution >= 4 is 16.9 Å². The zero-order chi connectivity index (χ0) is 23.9. The van der Waals surface area contributed by atoms with Crippen LogP contribution >= 0.6 is 0 Å². The van der Waals surface area contributed by atoms with Crippen LogP contribution in [0.2, 0.25) is 0 Å². The van der Waals surface area contributed by atoms with Crippen LogP contribution in [0.1, 0.15) is 96.3 Å². The lowest BCUT2D eigenvalue weighted by Gasteiger charge is -2.51. The van der Waals surface area contributed by atoms with Gasteiger partial charge >= 0.3 is 6.18 Å². The number of alkyl halides is 3. The average Bonchev–Trinajstić information content (AvgIpc) is 3.48. The number of fused-ring (bicyclic) bond motifs is 4. The summed E-state index contributed by atoms with van der Waals surface area (Å²) >= 11 is 0. The van der Waals surface area contributed by atoms with E-state index in [4.69, 9.17) is 8.83 Å². The maximum absolute atomic E-state index is 13.8. The highest BCUT2D eigenvalue weighted by atomic mass is 19.4. The van der Waals surface area contributed by atoms with E-state index in [-0.39, 0.29) is 22.7 Å². The maximum Gasteiger partial charge on any atom is 0.420 e. The zero-order valence-electron chi connectivity index (χ0n) is 19.1. The lowest BCUT2D eigenvalue weighted by atomic mass is 9.57. The molecule has 180 valence electrons. The Labute approximate surface area is 194 Å². The fourth-order valence-electron chi connectivity index (χ4n) is 5.92. The normalized spacial score (nSPS) is 26.9. The molecule has 0 atom stereocenters. The number of halogens is 3. The second-order valence-electron chi connectivity index (χ2n) is 10.4. The van der Waals surface area contributed by atoms with Crippen molar-refractivity contribution in [3.05, 3.63) is 46.4 Å². The Balaban J connectivity index is 1.28. The fraction of sp³-hybridized carbons (Fsp3) is 0.560. The summed E-state index contributed by atoms with van der Waals surface area (Å²) < 4.78 is 52.8. The minimum atomic E-state index is -4.55. The van der Waals surface area contributed by atoms with Gasteiger partial charge in [-0.2, -0.15) is 13.2 Å². The Hall–Kier alpha value is -2.84. The summed E-state index contributed by atoms with van der Waals surface area (Å²) in [5, 5.41) is 11.7. The minimum Gasteiger partial charge on any atom is -0.450 e. The third-order valence-corrected chi connectivity index (χ3v) is 8.23. The molecule has 0 aliphatic heterocycles. The second-order valence-corrected chi connectivity index (χ2v) is 10.4. The van der Waals surface area contributed by atoms with Crippen molar-refractivity contribution in [3.63, 3.8) is 0 Å². The number of aromatic nitrogens is 2. The summed E-state index contributed by atoms with van der Waals surface area (Å²) in [5.41, 5.74) is -0.479. The standard InChI is InChI=1S/C25H26F3N3O3/c1-13-17-11-16(15-3-4-15)12-18(25(26,27)28)20(17)34-19(13)21(32)29-24-8-5-23(6-9-24,7-10-24)22-31-30-14(2)33-22/h11-12,15H,3-10H2,1-2H3,(H,29,32). The van der Waals surface area contributed by atoms with Crippen molar-refractivity contribution in [2.75, 3.05) is 0 Å². The van der Waals surface area contributed by atoms with Crippen molar-refractivity contribution < 1.29 is 26.8 Å². The molecular formula is C25H26F3N3O3. The summed E-state index contributed by atoms with van der Waals surface area (Å²) in [6.07, 6.45) is 1.92. The summed E-state index contributed by atoms with van der Waals surface area (Å²) in [4.78, 5) is 13.3. The van der Waals surface area contributed by atoms with Crippen molar-refractivity contribution in [2.24, 2.45) is 0 Å². The quantitative estimate of drug-likeness (QED) is 0.495. The summed E-state index contributed by atoms with van der Waals surface area (Å²) in [6.45, 7) is 3.44. The van der Waals surface area contributed by atoms with Gasteiger partial charge in [0, 0.05) is 28.8 Å². The molecule has 0 radical (unpaired) electrons. The van der Waals surface area contributed by atoms with E-state index in [9.17, 15) is 18.0 Å². The van der Waals surface area contributed by atoms with E-state index >= 15 is 0 Å². The third-order valence-electron chi connectivity index (χ3n) is 8.23. The molecule has 2 bridgehead atoms. The number of carbonyl (C=O) groups is 1. The molecule has 2 heterocycles. The minimum absolute atomic E-state index is 0.0299. The Bertz CT molecular complexity index is 1280. The smallest absolute Gasteiger partial charge is 0.420 e. The second kappa shape index (κ2) is 7.09. The van der Waals surface area contributed by atoms with E-state index in [0.717, 1.165) is 51.4 Å². The van der Waals surface area contributed by atoms with Crippen LogP contribution in [0.4, 0.5) is 13.2 Å². The molecule has 4 aliphatic carbocycles. The van der Waals surface area contributed by atoms with Crippen LogP contribution in [0, 0.1) is 13.8 Å². The number of carbonyl (C=O) groups excluding carboxylic acids is 1. The Morgan fingerprint density at radius 2 is 1.71 bits per heavy atom. The lowest BCUT2D eigenvalue weighted by molar-refractivity contribution is -0.136. The molecule has 2 aromatic heterocycles. The Kier molecular flexibility index (Phi) is 4.52. The van der Waals surface area contributed by atoms with Gasteiger partial charge in [-0.3, -0.25) is 4.79 Å². The van der Waals surface area contributed by atoms with Crippen LogP contribution in [0.3, 0.4) is 0 Å². The molecule has 1 N–H and O–H groups in total. The van der Waals surface area contributed by atoms with Crippen LogP contribution in [-0.2, 0) is 11.6 Å². The number of aryl methyl sites for hydroxylation is 2. The molecule has 4 saturated carbocycles. The first-order valence-corrected chi connectivity index (χ1v) is 11.9. The average molecular weight is 473 g/mol. The highest BCUT2D eigenvalue weighted by molar-refractivity contribution is 6.00. The van der Waals surface area contributed by atoms with E-state index in [1.807, 2.05) is 0 Å². The van der Waals surface area contributed by atoms with Gasteiger partial charge in [0.2, 0.25) is 11.8 Å². The highest BCUT2D eigenvalue weighted by Crippen LogP contribution is 2.53. The molecule has 6 nitrogen and oxygen atoms in total. The first-order chi connectivity index (χ1) is 16.1. The van der Waals surface area contributed by atoms with Gasteiger partial charge < -0.3 is 14.2 Å². The van der Waals surface area contributed by atoms with E-state index < -0.39 is 23.2 Å². The molecule has 3 aromatic rings. The van der Waals surface area contributed by atoms with Gasteiger partial charge in [-0.05, 0) is 81.9 Å². The maximum atomic E-state index is 13.8. The van der Waals surface area contributed by atoms with Gasteiger partial charge in [0.05, 0.1) is 5.56 Å². The van der Waals surface area contributed by atoms with Crippen LogP contribution in [0.15, 0.2) is 21.0 Å². The molecule has 9 heteroatoms. The topological polar surface area (TPSA) is 81.2 Å². The van der Waals surface area contributed by atoms with Crippen molar-refractivity contribution in [3.8, 4) is 0 Å². The van der Waals surface area contributed by atoms with Gasteiger partial charge in [0.25, 0.3) is 5.91 Å². The number of amides is 1. The molecular weight excluding hydrogens is 447 g/mol. The van der Waals surface area contributed by atoms with Gasteiger partial charge in [-0.15, -0.1) is 10.2 Å². The van der Waals surface area contributed by atoms with Crippen molar-refractivity contribution in [1.29, 1.82) is 0 Å². The predicted molar refractivity (Wildman–Crippen MR) is 117 cm³/mol. The number of rotatable bonds is 4. The predicted octanol–water partition coefficient (Wildman–Crippen LogP) is 6.10. The molecule has 0 unspecified atom stereocenters. The Morgan fingerprint density at radius 3 is 2.26 bits per heavy atom. The molecule has 34 heavy (non-hydrogen) atoms. The lowest BCUT2D eigenvalue weighted by Crippen LogP contribution is -2.57. The first kappa shape index (κ1) is 21.7. The van der Waals surface area contributed by atoms with E-state index in [1.165, 1.54) is 6.07 Å². The summed E-state index contributed by atoms with van der Waals surface area (Å²) in [6, 6.07) is 2.95. The van der Waals surface area contributed by atoms with E-state index in [2.05, 4.69) is 15.5 Å². The molecule has 0 spiro atoms. The van der Waals surface area contributed by atoms with Crippen LogP contribution < -0.4 is 5.32 Å². The van der Waals surface area contributed by atoms with Gasteiger partial charge in [-0.1, -0.05) is 0 Å². The third kappa shape index (κ3) is 3.34. The van der Waals surface area contributed by atoms with Gasteiger partial charge in [0.1, 0.15) is 5.58 Å². The van der Waals surface area contributed by atoms with E-state index in [0.29, 0.717) is 28.3 Å².